The number of hydrogen-bond acceptors (Lipinski definition) is 2. The fourth-order valence-corrected chi connectivity index (χ4v) is 1.93. The molecule has 1 aromatic carbocycles. The molecule has 0 radical (unpaired) electrons. The van der Waals surface area contributed by atoms with Crippen molar-refractivity contribution in [3.8, 4) is 0 Å². The van der Waals surface area contributed by atoms with Crippen LogP contribution < -0.4 is 10.6 Å². The van der Waals surface area contributed by atoms with E-state index in [0.29, 0.717) is 18.2 Å². The average molecular weight is 260 g/mol. The second-order valence-corrected chi connectivity index (χ2v) is 4.80. The predicted molar refractivity (Wildman–Crippen MR) is 81.7 cm³/mol. The minimum Gasteiger partial charge on any atom is -0.382 e. The van der Waals surface area contributed by atoms with E-state index in [0.717, 1.165) is 24.1 Å². The molecule has 0 aliphatic carbocycles. The lowest BCUT2D eigenvalue weighted by molar-refractivity contribution is 0.0956. The van der Waals surface area contributed by atoms with Crippen molar-refractivity contribution in [2.75, 3.05) is 11.9 Å². The van der Waals surface area contributed by atoms with Crippen LogP contribution in [0.4, 0.5) is 5.69 Å². The number of hydrogen-bond donors (Lipinski definition) is 2. The molecule has 0 bridgehead atoms. The molecule has 104 valence electrons. The van der Waals surface area contributed by atoms with E-state index in [1.165, 1.54) is 0 Å². The Morgan fingerprint density at radius 2 is 2.21 bits per heavy atom. The molecule has 1 unspecified atom stereocenters. The van der Waals surface area contributed by atoms with E-state index in [-0.39, 0.29) is 5.91 Å². The molecule has 1 atom stereocenters. The van der Waals surface area contributed by atoms with Gasteiger partial charge in [-0.1, -0.05) is 6.08 Å². The molecule has 0 fully saturated rings. The number of carbonyl (C=O) groups is 1. The third kappa shape index (κ3) is 4.78. The minimum atomic E-state index is -0.0168. The van der Waals surface area contributed by atoms with E-state index in [4.69, 9.17) is 0 Å². The van der Waals surface area contributed by atoms with Crippen molar-refractivity contribution in [2.24, 2.45) is 0 Å². The van der Waals surface area contributed by atoms with Crippen molar-refractivity contribution in [3.05, 3.63) is 42.0 Å². The maximum Gasteiger partial charge on any atom is 0.251 e. The van der Waals surface area contributed by atoms with Crippen LogP contribution in [0.1, 0.15) is 42.6 Å². The molecule has 0 aromatic heterocycles. The van der Waals surface area contributed by atoms with E-state index in [1.54, 1.807) is 0 Å². The van der Waals surface area contributed by atoms with Gasteiger partial charge in [-0.3, -0.25) is 4.79 Å². The highest BCUT2D eigenvalue weighted by molar-refractivity contribution is 5.94. The normalized spacial score (nSPS) is 11.7. The molecule has 19 heavy (non-hydrogen) atoms. The van der Waals surface area contributed by atoms with Crippen molar-refractivity contribution in [2.45, 2.75) is 39.7 Å². The third-order valence-electron chi connectivity index (χ3n) is 3.03. The SMILES string of the molecule is C=CCCC(C)Nc1ccc(C(=O)NCC)cc1C. The first-order chi connectivity index (χ1) is 9.08. The maximum atomic E-state index is 11.7. The van der Waals surface area contributed by atoms with Gasteiger partial charge in [-0.05, 0) is 57.4 Å². The number of allylic oxidation sites excluding steroid dienone is 1. The molecule has 0 heterocycles. The number of carbonyl (C=O) groups excluding carboxylic acids is 1. The molecule has 1 aromatic rings. The lowest BCUT2D eigenvalue weighted by Crippen LogP contribution is -2.23. The summed E-state index contributed by atoms with van der Waals surface area (Å²) in [5, 5.41) is 6.27. The molecule has 1 amide bonds. The van der Waals surface area contributed by atoms with Gasteiger partial charge in [-0.2, -0.15) is 0 Å². The summed E-state index contributed by atoms with van der Waals surface area (Å²) in [6.45, 7) is 10.5. The van der Waals surface area contributed by atoms with Gasteiger partial charge in [-0.25, -0.2) is 0 Å². The first-order valence-corrected chi connectivity index (χ1v) is 6.84. The number of nitrogens with one attached hydrogen (secondary N) is 2. The molecule has 3 nitrogen and oxygen atoms in total. The summed E-state index contributed by atoms with van der Waals surface area (Å²) in [6.07, 6.45) is 3.99. The Morgan fingerprint density at radius 3 is 2.79 bits per heavy atom. The summed E-state index contributed by atoms with van der Waals surface area (Å²) in [7, 11) is 0. The highest BCUT2D eigenvalue weighted by Crippen LogP contribution is 2.18. The molecular weight excluding hydrogens is 236 g/mol. The second kappa shape index (κ2) is 7.62. The monoisotopic (exact) mass is 260 g/mol. The van der Waals surface area contributed by atoms with Crippen LogP contribution in [0.2, 0.25) is 0 Å². The van der Waals surface area contributed by atoms with Crippen molar-refractivity contribution in [3.63, 3.8) is 0 Å². The van der Waals surface area contributed by atoms with Gasteiger partial charge in [0.15, 0.2) is 0 Å². The Bertz CT molecular complexity index is 440. The Labute approximate surface area is 116 Å². The molecule has 0 aliphatic rings. The summed E-state index contributed by atoms with van der Waals surface area (Å²) in [5.74, 6) is -0.0168. The standard InChI is InChI=1S/C16H24N2O/c1-5-7-8-13(4)18-15-10-9-14(11-12(15)3)16(19)17-6-2/h5,9-11,13,18H,1,6-8H2,2-4H3,(H,17,19). The molecule has 0 aliphatic heterocycles. The van der Waals surface area contributed by atoms with Gasteiger partial charge < -0.3 is 10.6 Å². The van der Waals surface area contributed by atoms with Crippen LogP contribution in [0.25, 0.3) is 0 Å². The van der Waals surface area contributed by atoms with Crippen LogP contribution in [0.15, 0.2) is 30.9 Å². The van der Waals surface area contributed by atoms with Crippen LogP contribution in [0, 0.1) is 6.92 Å². The van der Waals surface area contributed by atoms with E-state index in [1.807, 2.05) is 38.1 Å². The van der Waals surface area contributed by atoms with Crippen molar-refractivity contribution in [1.82, 2.24) is 5.32 Å². The summed E-state index contributed by atoms with van der Waals surface area (Å²) in [5.41, 5.74) is 2.89. The zero-order chi connectivity index (χ0) is 14.3. The lowest BCUT2D eigenvalue weighted by Gasteiger charge is -2.17. The number of amides is 1. The minimum absolute atomic E-state index is 0.0168. The number of anilines is 1. The van der Waals surface area contributed by atoms with Crippen LogP contribution in [0.5, 0.6) is 0 Å². The van der Waals surface area contributed by atoms with Gasteiger partial charge in [0, 0.05) is 23.8 Å². The topological polar surface area (TPSA) is 41.1 Å². The Morgan fingerprint density at radius 1 is 1.47 bits per heavy atom. The van der Waals surface area contributed by atoms with Gasteiger partial charge in [0.2, 0.25) is 0 Å². The fraction of sp³-hybridized carbons (Fsp3) is 0.438. The number of benzene rings is 1. The smallest absolute Gasteiger partial charge is 0.251 e. The van der Waals surface area contributed by atoms with Gasteiger partial charge >= 0.3 is 0 Å². The van der Waals surface area contributed by atoms with Gasteiger partial charge in [0.25, 0.3) is 5.91 Å². The zero-order valence-electron chi connectivity index (χ0n) is 12.1. The number of aryl methyl sites for hydroxylation is 1. The van der Waals surface area contributed by atoms with E-state index < -0.39 is 0 Å². The predicted octanol–water partition coefficient (Wildman–Crippen LogP) is 3.51. The summed E-state index contributed by atoms with van der Waals surface area (Å²) in [6, 6.07) is 6.16. The van der Waals surface area contributed by atoms with Crippen LogP contribution in [0.3, 0.4) is 0 Å². The molecule has 2 N–H and O–H groups in total. The quantitative estimate of drug-likeness (QED) is 0.737. The van der Waals surface area contributed by atoms with Crippen LogP contribution in [-0.2, 0) is 0 Å². The molecular formula is C16H24N2O. The molecule has 3 heteroatoms. The molecule has 0 saturated carbocycles. The zero-order valence-corrected chi connectivity index (χ0v) is 12.1. The van der Waals surface area contributed by atoms with Crippen molar-refractivity contribution >= 4 is 11.6 Å². The van der Waals surface area contributed by atoms with Gasteiger partial charge in [0.1, 0.15) is 0 Å². The van der Waals surface area contributed by atoms with E-state index >= 15 is 0 Å². The summed E-state index contributed by atoms with van der Waals surface area (Å²) in [4.78, 5) is 11.7. The second-order valence-electron chi connectivity index (χ2n) is 4.80. The maximum absolute atomic E-state index is 11.7. The Kier molecular flexibility index (Phi) is 6.13. The first kappa shape index (κ1) is 15.3. The summed E-state index contributed by atoms with van der Waals surface area (Å²) >= 11 is 0. The third-order valence-corrected chi connectivity index (χ3v) is 3.03. The Hall–Kier alpha value is -1.77. The lowest BCUT2D eigenvalue weighted by atomic mass is 10.1. The number of rotatable bonds is 7. The fourth-order valence-electron chi connectivity index (χ4n) is 1.93. The van der Waals surface area contributed by atoms with Gasteiger partial charge in [-0.15, -0.1) is 6.58 Å². The molecule has 0 saturated heterocycles. The Balaban J connectivity index is 2.71. The molecule has 0 spiro atoms. The van der Waals surface area contributed by atoms with E-state index in [9.17, 15) is 4.79 Å². The van der Waals surface area contributed by atoms with Crippen LogP contribution in [-0.4, -0.2) is 18.5 Å². The van der Waals surface area contributed by atoms with Crippen LogP contribution >= 0.6 is 0 Å². The summed E-state index contributed by atoms with van der Waals surface area (Å²) < 4.78 is 0. The molecule has 1 rings (SSSR count). The van der Waals surface area contributed by atoms with Crippen molar-refractivity contribution in [1.29, 1.82) is 0 Å². The van der Waals surface area contributed by atoms with E-state index in [2.05, 4.69) is 24.1 Å². The highest BCUT2D eigenvalue weighted by Gasteiger charge is 2.08. The van der Waals surface area contributed by atoms with Crippen molar-refractivity contribution < 1.29 is 4.79 Å². The largest absolute Gasteiger partial charge is 0.382 e. The average Bonchev–Trinajstić information content (AvgIpc) is 2.39. The highest BCUT2D eigenvalue weighted by atomic mass is 16.1. The first-order valence-electron chi connectivity index (χ1n) is 6.84. The van der Waals surface area contributed by atoms with Gasteiger partial charge in [0.05, 0.1) is 0 Å².